The molecule has 0 saturated heterocycles. The fourth-order valence-electron chi connectivity index (χ4n) is 3.66. The second kappa shape index (κ2) is 6.53. The van der Waals surface area contributed by atoms with E-state index < -0.39 is 10.0 Å². The lowest BCUT2D eigenvalue weighted by atomic mass is 10.0. The van der Waals surface area contributed by atoms with Crippen molar-refractivity contribution in [2.45, 2.75) is 11.3 Å². The average molecular weight is 394 g/mol. The second-order valence-corrected chi connectivity index (χ2v) is 8.57. The van der Waals surface area contributed by atoms with Gasteiger partial charge >= 0.3 is 0 Å². The molecule has 7 heteroatoms. The number of ether oxygens (including phenoxy) is 2. The maximum absolute atomic E-state index is 13.3. The van der Waals surface area contributed by atoms with Gasteiger partial charge in [-0.1, -0.05) is 6.07 Å². The van der Waals surface area contributed by atoms with Crippen molar-refractivity contribution in [2.24, 2.45) is 0 Å². The van der Waals surface area contributed by atoms with Crippen LogP contribution in [0.4, 0.5) is 5.69 Å². The number of nitrogens with zero attached hydrogens (tertiary/aromatic N) is 2. The van der Waals surface area contributed by atoms with Crippen LogP contribution in [-0.4, -0.2) is 33.2 Å². The fourth-order valence-corrected chi connectivity index (χ4v) is 5.18. The van der Waals surface area contributed by atoms with E-state index in [1.165, 1.54) is 4.31 Å². The van der Waals surface area contributed by atoms with Crippen molar-refractivity contribution < 1.29 is 17.9 Å². The number of sulfonamides is 1. The van der Waals surface area contributed by atoms with E-state index in [1.54, 1.807) is 30.6 Å². The smallest absolute Gasteiger partial charge is 0.264 e. The summed E-state index contributed by atoms with van der Waals surface area (Å²) in [4.78, 5) is 4.26. The Kier molecular flexibility index (Phi) is 3.98. The van der Waals surface area contributed by atoms with Gasteiger partial charge in [-0.25, -0.2) is 8.42 Å². The zero-order valence-corrected chi connectivity index (χ0v) is 15.9. The summed E-state index contributed by atoms with van der Waals surface area (Å²) in [6, 6.07) is 14.6. The highest BCUT2D eigenvalue weighted by atomic mass is 32.2. The van der Waals surface area contributed by atoms with E-state index in [1.807, 2.05) is 24.3 Å². The lowest BCUT2D eigenvalue weighted by molar-refractivity contribution is 0.171. The Morgan fingerprint density at radius 3 is 2.46 bits per heavy atom. The summed E-state index contributed by atoms with van der Waals surface area (Å²) in [5, 5.41) is 0. The zero-order valence-electron chi connectivity index (χ0n) is 15.0. The van der Waals surface area contributed by atoms with E-state index in [0.29, 0.717) is 37.7 Å². The van der Waals surface area contributed by atoms with Crippen LogP contribution < -0.4 is 13.8 Å². The summed E-state index contributed by atoms with van der Waals surface area (Å²) in [7, 11) is -3.68. The molecule has 0 fully saturated rings. The normalized spacial score (nSPS) is 15.4. The lowest BCUT2D eigenvalue weighted by Crippen LogP contribution is -2.29. The van der Waals surface area contributed by atoms with E-state index in [9.17, 15) is 8.42 Å². The van der Waals surface area contributed by atoms with E-state index >= 15 is 0 Å². The number of hydrogen-bond acceptors (Lipinski definition) is 5. The molecule has 2 aliphatic rings. The molecule has 5 rings (SSSR count). The van der Waals surface area contributed by atoms with E-state index in [4.69, 9.17) is 9.47 Å². The van der Waals surface area contributed by atoms with Gasteiger partial charge in [0.1, 0.15) is 13.2 Å². The summed E-state index contributed by atoms with van der Waals surface area (Å²) in [6.07, 6.45) is 4.18. The minimum atomic E-state index is -3.68. The molecule has 0 spiro atoms. The van der Waals surface area contributed by atoms with Gasteiger partial charge < -0.3 is 9.47 Å². The van der Waals surface area contributed by atoms with E-state index in [-0.39, 0.29) is 4.90 Å². The molecule has 2 aromatic carbocycles. The molecule has 0 saturated carbocycles. The first-order chi connectivity index (χ1) is 13.6. The van der Waals surface area contributed by atoms with Crippen molar-refractivity contribution in [3.63, 3.8) is 0 Å². The lowest BCUT2D eigenvalue weighted by Gasteiger charge is -2.22. The van der Waals surface area contributed by atoms with Crippen LogP contribution in [0, 0.1) is 0 Å². The minimum absolute atomic E-state index is 0.211. The van der Waals surface area contributed by atoms with Gasteiger partial charge in [0.05, 0.1) is 10.6 Å². The average Bonchev–Trinajstić information content (AvgIpc) is 3.18. The largest absolute Gasteiger partial charge is 0.486 e. The van der Waals surface area contributed by atoms with Crippen molar-refractivity contribution in [1.82, 2.24) is 4.98 Å². The SMILES string of the molecule is O=S(=O)(c1ccc2c(c1)OCCO2)N1CCc2cc(-c3ccncc3)ccc21. The molecular weight excluding hydrogens is 376 g/mol. The van der Waals surface area contributed by atoms with Crippen LogP contribution in [0.5, 0.6) is 11.5 Å². The van der Waals surface area contributed by atoms with Crippen molar-refractivity contribution >= 4 is 15.7 Å². The first-order valence-corrected chi connectivity index (χ1v) is 10.5. The summed E-state index contributed by atoms with van der Waals surface area (Å²) < 4.78 is 39.0. The van der Waals surface area contributed by atoms with Crippen LogP contribution in [0.25, 0.3) is 11.1 Å². The summed E-state index contributed by atoms with van der Waals surface area (Å²) in [6.45, 7) is 1.31. The standard InChI is InChI=1S/C21H18N2O4S/c24-28(25,18-2-4-20-21(14-18)27-12-11-26-20)23-10-7-17-13-16(1-3-19(17)23)15-5-8-22-9-6-15/h1-6,8-9,13-14H,7,10-12H2. The maximum Gasteiger partial charge on any atom is 0.264 e. The van der Waals surface area contributed by atoms with Crippen molar-refractivity contribution in [2.75, 3.05) is 24.1 Å². The van der Waals surface area contributed by atoms with Crippen LogP contribution in [0.15, 0.2) is 65.8 Å². The number of fused-ring (bicyclic) bond motifs is 2. The van der Waals surface area contributed by atoms with E-state index in [2.05, 4.69) is 11.1 Å². The topological polar surface area (TPSA) is 68.7 Å². The van der Waals surface area contributed by atoms with E-state index in [0.717, 1.165) is 22.4 Å². The van der Waals surface area contributed by atoms with Crippen LogP contribution >= 0.6 is 0 Å². The van der Waals surface area contributed by atoms with Gasteiger partial charge in [0.25, 0.3) is 10.0 Å². The molecule has 1 aromatic heterocycles. The molecule has 0 N–H and O–H groups in total. The van der Waals surface area contributed by atoms with Crippen molar-refractivity contribution in [3.05, 3.63) is 66.5 Å². The Labute approximate surface area is 163 Å². The molecule has 0 amide bonds. The molecule has 0 bridgehead atoms. The number of pyridine rings is 1. The van der Waals surface area contributed by atoms with Gasteiger partial charge in [-0.15, -0.1) is 0 Å². The summed E-state index contributed by atoms with van der Waals surface area (Å²) in [5.41, 5.74) is 3.87. The maximum atomic E-state index is 13.3. The molecule has 6 nitrogen and oxygen atoms in total. The van der Waals surface area contributed by atoms with Crippen LogP contribution in [0.1, 0.15) is 5.56 Å². The Morgan fingerprint density at radius 1 is 0.857 bits per heavy atom. The number of aromatic nitrogens is 1. The van der Waals surface area contributed by atoms with Gasteiger partial charge in [0.15, 0.2) is 11.5 Å². The van der Waals surface area contributed by atoms with Gasteiger partial charge in [-0.3, -0.25) is 9.29 Å². The minimum Gasteiger partial charge on any atom is -0.486 e. The molecule has 0 radical (unpaired) electrons. The van der Waals surface area contributed by atoms with Gasteiger partial charge in [-0.2, -0.15) is 0 Å². The monoisotopic (exact) mass is 394 g/mol. The Hall–Kier alpha value is -3.06. The molecule has 0 aliphatic carbocycles. The Balaban J connectivity index is 1.50. The molecule has 3 aromatic rings. The third-order valence-electron chi connectivity index (χ3n) is 5.05. The number of benzene rings is 2. The van der Waals surface area contributed by atoms with Gasteiger partial charge in [-0.05, 0) is 59.5 Å². The highest BCUT2D eigenvalue weighted by molar-refractivity contribution is 7.92. The number of rotatable bonds is 3. The molecule has 0 unspecified atom stereocenters. The zero-order chi connectivity index (χ0) is 19.1. The second-order valence-electron chi connectivity index (χ2n) is 6.71. The van der Waals surface area contributed by atoms with Crippen LogP contribution in [0.3, 0.4) is 0 Å². The highest BCUT2D eigenvalue weighted by Gasteiger charge is 2.32. The predicted molar refractivity (Wildman–Crippen MR) is 105 cm³/mol. The third kappa shape index (κ3) is 2.79. The Morgan fingerprint density at radius 2 is 1.64 bits per heavy atom. The fraction of sp³-hybridized carbons (Fsp3) is 0.190. The molecule has 0 atom stereocenters. The Bertz CT molecular complexity index is 1150. The number of hydrogen-bond donors (Lipinski definition) is 0. The summed E-state index contributed by atoms with van der Waals surface area (Å²) in [5.74, 6) is 1.05. The molecular formula is C21H18N2O4S. The van der Waals surface area contributed by atoms with Crippen LogP contribution in [0.2, 0.25) is 0 Å². The molecule has 142 valence electrons. The van der Waals surface area contributed by atoms with Gasteiger partial charge in [0.2, 0.25) is 0 Å². The predicted octanol–water partition coefficient (Wildman–Crippen LogP) is 3.27. The quantitative estimate of drug-likeness (QED) is 0.682. The summed E-state index contributed by atoms with van der Waals surface area (Å²) >= 11 is 0. The molecule has 28 heavy (non-hydrogen) atoms. The van der Waals surface area contributed by atoms with Crippen molar-refractivity contribution in [1.29, 1.82) is 0 Å². The van der Waals surface area contributed by atoms with Gasteiger partial charge in [0, 0.05) is 25.0 Å². The third-order valence-corrected chi connectivity index (χ3v) is 6.86. The first kappa shape index (κ1) is 17.1. The van der Waals surface area contributed by atoms with Crippen LogP contribution in [-0.2, 0) is 16.4 Å². The first-order valence-electron chi connectivity index (χ1n) is 9.09. The van der Waals surface area contributed by atoms with Crippen molar-refractivity contribution in [3.8, 4) is 22.6 Å². The highest BCUT2D eigenvalue weighted by Crippen LogP contribution is 2.38. The number of anilines is 1. The molecule has 2 aliphatic heterocycles. The molecule has 3 heterocycles.